The predicted molar refractivity (Wildman–Crippen MR) is 91.8 cm³/mol. The van der Waals surface area contributed by atoms with Crippen molar-refractivity contribution < 1.29 is 18.3 Å². The Balaban J connectivity index is 1.88. The number of likely N-dealkylation sites (N-methyl/N-ethyl adjacent to an activating group) is 1. The molecule has 0 spiro atoms. The van der Waals surface area contributed by atoms with Crippen LogP contribution in [0.4, 0.5) is 0 Å². The van der Waals surface area contributed by atoms with Gasteiger partial charge in [0.05, 0.1) is 11.5 Å². The third kappa shape index (κ3) is 4.68. The fourth-order valence-electron chi connectivity index (χ4n) is 2.98. The van der Waals surface area contributed by atoms with Crippen LogP contribution < -0.4 is 4.74 Å². The first-order valence-corrected chi connectivity index (χ1v) is 9.80. The van der Waals surface area contributed by atoms with Crippen LogP contribution in [0.3, 0.4) is 0 Å². The Kier molecular flexibility index (Phi) is 5.70. The van der Waals surface area contributed by atoms with E-state index in [1.807, 2.05) is 38.8 Å². The largest absolute Gasteiger partial charge is 0.490 e. The van der Waals surface area contributed by atoms with Gasteiger partial charge in [-0.05, 0) is 50.9 Å². The van der Waals surface area contributed by atoms with E-state index in [4.69, 9.17) is 4.74 Å². The molecule has 1 aromatic rings. The quantitative estimate of drug-likeness (QED) is 0.849. The van der Waals surface area contributed by atoms with Crippen molar-refractivity contribution in [3.63, 3.8) is 0 Å². The van der Waals surface area contributed by atoms with Gasteiger partial charge in [-0.1, -0.05) is 12.1 Å². The van der Waals surface area contributed by atoms with Crippen molar-refractivity contribution in [2.45, 2.75) is 39.3 Å². The van der Waals surface area contributed by atoms with Gasteiger partial charge in [-0.25, -0.2) is 8.42 Å². The number of ether oxygens (including phenoxy) is 1. The average molecular weight is 341 g/mol. The van der Waals surface area contributed by atoms with Gasteiger partial charge in [0.1, 0.15) is 18.5 Å². The second kappa shape index (κ2) is 7.20. The van der Waals surface area contributed by atoms with E-state index < -0.39 is 15.9 Å². The smallest absolute Gasteiger partial charge is 0.151 e. The zero-order valence-corrected chi connectivity index (χ0v) is 15.2. The first-order chi connectivity index (χ1) is 10.7. The van der Waals surface area contributed by atoms with E-state index in [1.165, 1.54) is 0 Å². The van der Waals surface area contributed by atoms with Gasteiger partial charge in [0.25, 0.3) is 0 Å². The standard InChI is InChI=1S/C17H27NO4S/c1-12-5-6-13(2)17(14(12)3)22-10-16(19)9-18(4)15-7-8-23(20,21)11-15/h5-6,15-16,19H,7-11H2,1-4H3/t15-,16-/m0/s1. The number of benzene rings is 1. The fourth-order valence-corrected chi connectivity index (χ4v) is 4.79. The van der Waals surface area contributed by atoms with Crippen LogP contribution in [0.15, 0.2) is 12.1 Å². The maximum atomic E-state index is 11.5. The zero-order chi connectivity index (χ0) is 17.2. The SMILES string of the molecule is Cc1ccc(C)c(OC[C@@H](O)CN(C)[C@H]2CCS(=O)(=O)C2)c1C. The Morgan fingerprint density at radius 1 is 1.30 bits per heavy atom. The number of aliphatic hydroxyl groups excluding tert-OH is 1. The Hall–Kier alpha value is -1.11. The van der Waals surface area contributed by atoms with Crippen molar-refractivity contribution in [1.82, 2.24) is 4.90 Å². The Morgan fingerprint density at radius 2 is 1.96 bits per heavy atom. The molecule has 0 amide bonds. The zero-order valence-electron chi connectivity index (χ0n) is 14.4. The van der Waals surface area contributed by atoms with Crippen LogP contribution in [-0.2, 0) is 9.84 Å². The molecule has 1 aromatic carbocycles. The van der Waals surface area contributed by atoms with Gasteiger partial charge >= 0.3 is 0 Å². The number of aryl methyl sites for hydroxylation is 2. The highest BCUT2D eigenvalue weighted by Gasteiger charge is 2.31. The molecule has 0 saturated carbocycles. The van der Waals surface area contributed by atoms with Crippen LogP contribution in [0.25, 0.3) is 0 Å². The van der Waals surface area contributed by atoms with Crippen molar-refractivity contribution in [2.75, 3.05) is 31.7 Å². The highest BCUT2D eigenvalue weighted by molar-refractivity contribution is 7.91. The summed E-state index contributed by atoms with van der Waals surface area (Å²) < 4.78 is 28.9. The minimum absolute atomic E-state index is 0.00269. The lowest BCUT2D eigenvalue weighted by atomic mass is 10.1. The number of aliphatic hydroxyl groups is 1. The molecule has 0 aromatic heterocycles. The molecule has 130 valence electrons. The third-order valence-electron chi connectivity index (χ3n) is 4.62. The molecule has 2 atom stereocenters. The lowest BCUT2D eigenvalue weighted by molar-refractivity contribution is 0.0659. The molecule has 1 N–H and O–H groups in total. The summed E-state index contributed by atoms with van der Waals surface area (Å²) in [5.41, 5.74) is 3.30. The van der Waals surface area contributed by atoms with Crippen LogP contribution in [-0.4, -0.2) is 62.3 Å². The average Bonchev–Trinajstić information content (AvgIpc) is 2.83. The van der Waals surface area contributed by atoms with Crippen molar-refractivity contribution in [2.24, 2.45) is 0 Å². The van der Waals surface area contributed by atoms with E-state index in [2.05, 4.69) is 6.07 Å². The van der Waals surface area contributed by atoms with Gasteiger partial charge in [0.15, 0.2) is 9.84 Å². The van der Waals surface area contributed by atoms with E-state index in [0.29, 0.717) is 13.0 Å². The van der Waals surface area contributed by atoms with E-state index >= 15 is 0 Å². The fraction of sp³-hybridized carbons (Fsp3) is 0.647. The number of nitrogens with zero attached hydrogens (tertiary/aromatic N) is 1. The van der Waals surface area contributed by atoms with E-state index in [1.54, 1.807) is 0 Å². The minimum Gasteiger partial charge on any atom is -0.490 e. The summed E-state index contributed by atoms with van der Waals surface area (Å²) in [6, 6.07) is 4.07. The summed E-state index contributed by atoms with van der Waals surface area (Å²) in [5, 5.41) is 10.2. The second-order valence-electron chi connectivity index (χ2n) is 6.61. The highest BCUT2D eigenvalue weighted by atomic mass is 32.2. The van der Waals surface area contributed by atoms with Crippen LogP contribution in [0, 0.1) is 20.8 Å². The van der Waals surface area contributed by atoms with Crippen molar-refractivity contribution in [3.8, 4) is 5.75 Å². The molecule has 1 fully saturated rings. The molecule has 0 unspecified atom stereocenters. The first kappa shape index (κ1) is 18.2. The number of hydrogen-bond donors (Lipinski definition) is 1. The number of hydrogen-bond acceptors (Lipinski definition) is 5. The maximum absolute atomic E-state index is 11.5. The molecule has 1 aliphatic rings. The molecular formula is C17H27NO4S. The molecule has 23 heavy (non-hydrogen) atoms. The minimum atomic E-state index is -2.90. The van der Waals surface area contributed by atoms with Gasteiger partial charge in [-0.15, -0.1) is 0 Å². The molecule has 2 rings (SSSR count). The topological polar surface area (TPSA) is 66.8 Å². The van der Waals surface area contributed by atoms with Gasteiger partial charge < -0.3 is 9.84 Å². The third-order valence-corrected chi connectivity index (χ3v) is 6.37. The van der Waals surface area contributed by atoms with Crippen LogP contribution in [0.1, 0.15) is 23.1 Å². The van der Waals surface area contributed by atoms with Gasteiger partial charge in [0.2, 0.25) is 0 Å². The molecule has 0 bridgehead atoms. The normalized spacial score (nSPS) is 21.6. The van der Waals surface area contributed by atoms with Crippen LogP contribution >= 0.6 is 0 Å². The van der Waals surface area contributed by atoms with E-state index in [-0.39, 0.29) is 24.2 Å². The maximum Gasteiger partial charge on any atom is 0.151 e. The molecule has 1 aliphatic heterocycles. The monoisotopic (exact) mass is 341 g/mol. The molecular weight excluding hydrogens is 314 g/mol. The molecule has 5 nitrogen and oxygen atoms in total. The molecule has 0 radical (unpaired) electrons. The Morgan fingerprint density at radius 3 is 2.57 bits per heavy atom. The summed E-state index contributed by atoms with van der Waals surface area (Å²) in [7, 11) is -1.04. The summed E-state index contributed by atoms with van der Waals surface area (Å²) in [5.74, 6) is 1.26. The number of rotatable bonds is 6. The van der Waals surface area contributed by atoms with Gasteiger partial charge in [0, 0.05) is 12.6 Å². The Bertz CT molecular complexity index is 657. The van der Waals surface area contributed by atoms with Gasteiger partial charge in [-0.3, -0.25) is 4.90 Å². The van der Waals surface area contributed by atoms with Gasteiger partial charge in [-0.2, -0.15) is 0 Å². The highest BCUT2D eigenvalue weighted by Crippen LogP contribution is 2.26. The summed E-state index contributed by atoms with van der Waals surface area (Å²) in [6.45, 7) is 6.65. The molecule has 6 heteroatoms. The van der Waals surface area contributed by atoms with Crippen molar-refractivity contribution in [3.05, 3.63) is 28.8 Å². The van der Waals surface area contributed by atoms with Crippen LogP contribution in [0.5, 0.6) is 5.75 Å². The van der Waals surface area contributed by atoms with Crippen LogP contribution in [0.2, 0.25) is 0 Å². The number of sulfone groups is 1. The van der Waals surface area contributed by atoms with E-state index in [0.717, 1.165) is 22.4 Å². The predicted octanol–water partition coefficient (Wildman–Crippen LogP) is 1.47. The summed E-state index contributed by atoms with van der Waals surface area (Å²) in [4.78, 5) is 1.93. The lowest BCUT2D eigenvalue weighted by Crippen LogP contribution is -2.40. The summed E-state index contributed by atoms with van der Waals surface area (Å²) >= 11 is 0. The molecule has 1 heterocycles. The summed E-state index contributed by atoms with van der Waals surface area (Å²) in [6.07, 6.45) is -0.00898. The second-order valence-corrected chi connectivity index (χ2v) is 8.84. The van der Waals surface area contributed by atoms with Crippen molar-refractivity contribution >= 4 is 9.84 Å². The Labute approximate surface area is 139 Å². The lowest BCUT2D eigenvalue weighted by Gasteiger charge is -2.26. The van der Waals surface area contributed by atoms with E-state index in [9.17, 15) is 13.5 Å². The molecule has 1 saturated heterocycles. The molecule has 0 aliphatic carbocycles. The van der Waals surface area contributed by atoms with Crippen molar-refractivity contribution in [1.29, 1.82) is 0 Å². The first-order valence-electron chi connectivity index (χ1n) is 7.98.